The molecule has 1 aliphatic rings. The van der Waals surface area contributed by atoms with E-state index in [4.69, 9.17) is 0 Å². The zero-order valence-electron chi connectivity index (χ0n) is 10.2. The number of benzene rings is 1. The highest BCUT2D eigenvalue weighted by Gasteiger charge is 2.23. The largest absolute Gasteiger partial charge is 0.333 e. The van der Waals surface area contributed by atoms with Gasteiger partial charge in [0.05, 0.1) is 17.2 Å². The molecule has 1 amide bonds. The molecule has 0 saturated heterocycles. The Bertz CT molecular complexity index is 577. The van der Waals surface area contributed by atoms with Crippen molar-refractivity contribution in [3.63, 3.8) is 0 Å². The highest BCUT2D eigenvalue weighted by atomic mass is 32.1. The molecule has 18 heavy (non-hydrogen) atoms. The Morgan fingerprint density at radius 1 is 1.33 bits per heavy atom. The lowest BCUT2D eigenvalue weighted by molar-refractivity contribution is 0.0736. The van der Waals surface area contributed by atoms with Crippen LogP contribution in [0, 0.1) is 6.92 Å². The van der Waals surface area contributed by atoms with E-state index in [0.29, 0.717) is 6.54 Å². The molecule has 3 rings (SSSR count). The van der Waals surface area contributed by atoms with Crippen molar-refractivity contribution in [3.8, 4) is 0 Å². The molecule has 1 aliphatic heterocycles. The van der Waals surface area contributed by atoms with Crippen LogP contribution < -0.4 is 0 Å². The maximum absolute atomic E-state index is 12.3. The van der Waals surface area contributed by atoms with Crippen molar-refractivity contribution in [1.82, 2.24) is 9.88 Å². The van der Waals surface area contributed by atoms with Gasteiger partial charge in [0, 0.05) is 23.4 Å². The van der Waals surface area contributed by atoms with Crippen LogP contribution in [0.5, 0.6) is 0 Å². The van der Waals surface area contributed by atoms with E-state index in [2.05, 4.69) is 4.98 Å². The van der Waals surface area contributed by atoms with E-state index in [9.17, 15) is 4.79 Å². The number of thiazole rings is 1. The minimum atomic E-state index is 0.118. The first kappa shape index (κ1) is 11.4. The zero-order chi connectivity index (χ0) is 12.5. The highest BCUT2D eigenvalue weighted by Crippen LogP contribution is 2.25. The Morgan fingerprint density at radius 2 is 2.11 bits per heavy atom. The molecule has 0 bridgehead atoms. The highest BCUT2D eigenvalue weighted by molar-refractivity contribution is 7.11. The van der Waals surface area contributed by atoms with Gasteiger partial charge in [0.25, 0.3) is 5.91 Å². The number of aryl methyl sites for hydroxylation is 1. The molecule has 0 radical (unpaired) electrons. The summed E-state index contributed by atoms with van der Waals surface area (Å²) in [6.07, 6.45) is 0.873. The summed E-state index contributed by atoms with van der Waals surface area (Å²) in [5, 5.41) is 1.09. The van der Waals surface area contributed by atoms with E-state index in [1.165, 1.54) is 10.6 Å². The zero-order valence-corrected chi connectivity index (χ0v) is 11.0. The smallest absolute Gasteiger partial charge is 0.254 e. The molecule has 0 N–H and O–H groups in total. The van der Waals surface area contributed by atoms with Crippen molar-refractivity contribution < 1.29 is 4.79 Å². The van der Waals surface area contributed by atoms with Gasteiger partial charge in [-0.05, 0) is 19.1 Å². The van der Waals surface area contributed by atoms with Gasteiger partial charge < -0.3 is 4.90 Å². The first-order valence-corrected chi connectivity index (χ1v) is 6.85. The molecule has 0 unspecified atom stereocenters. The number of carbonyl (C=O) groups excluding carboxylic acids is 1. The number of fused-ring (bicyclic) bond motifs is 1. The normalized spacial score (nSPS) is 14.4. The van der Waals surface area contributed by atoms with E-state index in [0.717, 1.165) is 23.5 Å². The van der Waals surface area contributed by atoms with E-state index in [-0.39, 0.29) is 5.91 Å². The Kier molecular flexibility index (Phi) is 2.88. The Labute approximate surface area is 110 Å². The number of hydrogen-bond acceptors (Lipinski definition) is 3. The van der Waals surface area contributed by atoms with Crippen LogP contribution in [0.25, 0.3) is 0 Å². The fourth-order valence-corrected chi connectivity index (χ4v) is 3.26. The van der Waals surface area contributed by atoms with Crippen LogP contribution in [0.15, 0.2) is 30.3 Å². The average molecular weight is 258 g/mol. The van der Waals surface area contributed by atoms with Gasteiger partial charge in [-0.15, -0.1) is 11.3 Å². The maximum Gasteiger partial charge on any atom is 0.254 e. The number of aromatic nitrogens is 1. The van der Waals surface area contributed by atoms with Crippen molar-refractivity contribution in [3.05, 3.63) is 51.5 Å². The SMILES string of the molecule is Cc1nc2c(s1)CN(C(=O)c1ccccc1)CC2. The molecule has 0 spiro atoms. The summed E-state index contributed by atoms with van der Waals surface area (Å²) >= 11 is 1.70. The second-order valence-electron chi connectivity index (χ2n) is 4.45. The molecular weight excluding hydrogens is 244 g/mol. The second-order valence-corrected chi connectivity index (χ2v) is 5.73. The molecule has 2 aromatic rings. The van der Waals surface area contributed by atoms with E-state index >= 15 is 0 Å². The number of carbonyl (C=O) groups is 1. The lowest BCUT2D eigenvalue weighted by Gasteiger charge is -2.26. The Morgan fingerprint density at radius 3 is 2.89 bits per heavy atom. The quantitative estimate of drug-likeness (QED) is 0.788. The van der Waals surface area contributed by atoms with Crippen molar-refractivity contribution >= 4 is 17.2 Å². The molecule has 4 heteroatoms. The molecule has 0 atom stereocenters. The molecular formula is C14H14N2OS. The third-order valence-corrected chi connectivity index (χ3v) is 4.14. The average Bonchev–Trinajstić information content (AvgIpc) is 2.78. The summed E-state index contributed by atoms with van der Waals surface area (Å²) in [6.45, 7) is 3.49. The van der Waals surface area contributed by atoms with Gasteiger partial charge in [0.15, 0.2) is 0 Å². The molecule has 0 saturated carbocycles. The first-order chi connectivity index (χ1) is 8.74. The number of nitrogens with zero attached hydrogens (tertiary/aromatic N) is 2. The summed E-state index contributed by atoms with van der Waals surface area (Å²) in [7, 11) is 0. The standard InChI is InChI=1S/C14H14N2OS/c1-10-15-12-7-8-16(9-13(12)18-10)14(17)11-5-3-2-4-6-11/h2-6H,7-9H2,1H3. The van der Waals surface area contributed by atoms with Crippen LogP contribution in [0.2, 0.25) is 0 Å². The minimum absolute atomic E-state index is 0.118. The maximum atomic E-state index is 12.3. The molecule has 0 aliphatic carbocycles. The van der Waals surface area contributed by atoms with Crippen LogP contribution >= 0.6 is 11.3 Å². The molecule has 1 aromatic carbocycles. The van der Waals surface area contributed by atoms with Crippen molar-refractivity contribution in [2.24, 2.45) is 0 Å². The predicted molar refractivity (Wildman–Crippen MR) is 71.7 cm³/mol. The first-order valence-electron chi connectivity index (χ1n) is 6.03. The number of hydrogen-bond donors (Lipinski definition) is 0. The fraction of sp³-hybridized carbons (Fsp3) is 0.286. The third kappa shape index (κ3) is 2.04. The van der Waals surface area contributed by atoms with Gasteiger partial charge in [0.1, 0.15) is 0 Å². The lowest BCUT2D eigenvalue weighted by atomic mass is 10.1. The van der Waals surface area contributed by atoms with Crippen LogP contribution in [0.4, 0.5) is 0 Å². The molecule has 3 nitrogen and oxygen atoms in total. The second kappa shape index (κ2) is 4.53. The lowest BCUT2D eigenvalue weighted by Crippen LogP contribution is -2.35. The van der Waals surface area contributed by atoms with E-state index in [1.54, 1.807) is 11.3 Å². The number of amides is 1. The van der Waals surface area contributed by atoms with Crippen molar-refractivity contribution in [2.75, 3.05) is 6.54 Å². The molecule has 92 valence electrons. The minimum Gasteiger partial charge on any atom is -0.333 e. The van der Waals surface area contributed by atoms with Crippen molar-refractivity contribution in [1.29, 1.82) is 0 Å². The molecule has 0 fully saturated rings. The van der Waals surface area contributed by atoms with Crippen LogP contribution in [-0.2, 0) is 13.0 Å². The van der Waals surface area contributed by atoms with Gasteiger partial charge >= 0.3 is 0 Å². The van der Waals surface area contributed by atoms with Gasteiger partial charge in [-0.25, -0.2) is 4.98 Å². The van der Waals surface area contributed by atoms with Crippen LogP contribution in [0.1, 0.15) is 25.9 Å². The summed E-state index contributed by atoms with van der Waals surface area (Å²) in [5.41, 5.74) is 1.94. The monoisotopic (exact) mass is 258 g/mol. The van der Waals surface area contributed by atoms with Gasteiger partial charge in [0.2, 0.25) is 0 Å². The van der Waals surface area contributed by atoms with E-state index < -0.39 is 0 Å². The van der Waals surface area contributed by atoms with Gasteiger partial charge in [-0.1, -0.05) is 18.2 Å². The Balaban J connectivity index is 1.82. The fourth-order valence-electron chi connectivity index (χ4n) is 2.26. The van der Waals surface area contributed by atoms with Crippen molar-refractivity contribution in [2.45, 2.75) is 19.9 Å². The van der Waals surface area contributed by atoms with E-state index in [1.807, 2.05) is 42.2 Å². The summed E-state index contributed by atoms with van der Waals surface area (Å²) in [5.74, 6) is 0.118. The van der Waals surface area contributed by atoms with Crippen LogP contribution in [0.3, 0.4) is 0 Å². The topological polar surface area (TPSA) is 33.2 Å². The van der Waals surface area contributed by atoms with Gasteiger partial charge in [-0.3, -0.25) is 4.79 Å². The molecule has 1 aromatic heterocycles. The molecule has 2 heterocycles. The Hall–Kier alpha value is -1.68. The predicted octanol–water partition coefficient (Wildman–Crippen LogP) is 2.65. The summed E-state index contributed by atoms with van der Waals surface area (Å²) in [4.78, 5) is 20.0. The van der Waals surface area contributed by atoms with Crippen LogP contribution in [-0.4, -0.2) is 22.3 Å². The number of rotatable bonds is 1. The van der Waals surface area contributed by atoms with Gasteiger partial charge in [-0.2, -0.15) is 0 Å². The summed E-state index contributed by atoms with van der Waals surface area (Å²) in [6, 6.07) is 9.47. The summed E-state index contributed by atoms with van der Waals surface area (Å²) < 4.78 is 0. The third-order valence-electron chi connectivity index (χ3n) is 3.15.